The maximum Gasteiger partial charge on any atom is 0.193 e. The molecule has 3 rings (SSSR count). The maximum absolute atomic E-state index is 13.2. The van der Waals surface area contributed by atoms with E-state index in [2.05, 4.69) is 0 Å². The van der Waals surface area contributed by atoms with Crippen LogP contribution < -0.4 is 11.2 Å². The van der Waals surface area contributed by atoms with Gasteiger partial charge in [-0.05, 0) is 42.8 Å². The third-order valence-corrected chi connectivity index (χ3v) is 3.17. The van der Waals surface area contributed by atoms with Crippen LogP contribution >= 0.6 is 0 Å². The van der Waals surface area contributed by atoms with Crippen molar-refractivity contribution >= 4 is 16.7 Å². The molecule has 0 fully saturated rings. The summed E-state index contributed by atoms with van der Waals surface area (Å²) in [6, 6.07) is 11.0. The zero-order valence-electron chi connectivity index (χ0n) is 10.8. The summed E-state index contributed by atoms with van der Waals surface area (Å²) in [6.45, 7) is 1.92. The van der Waals surface area contributed by atoms with Crippen molar-refractivity contribution in [2.45, 2.75) is 6.92 Å². The molecule has 20 heavy (non-hydrogen) atoms. The lowest BCUT2D eigenvalue weighted by molar-refractivity contribution is 0.616. The van der Waals surface area contributed by atoms with Gasteiger partial charge in [0.1, 0.15) is 17.2 Å². The van der Waals surface area contributed by atoms with Crippen molar-refractivity contribution < 1.29 is 8.81 Å². The van der Waals surface area contributed by atoms with E-state index in [0.717, 1.165) is 5.56 Å². The van der Waals surface area contributed by atoms with Gasteiger partial charge in [-0.2, -0.15) is 0 Å². The maximum atomic E-state index is 13.2. The fraction of sp³-hybridized carbons (Fsp3) is 0.0625. The van der Waals surface area contributed by atoms with E-state index in [1.165, 1.54) is 24.3 Å². The molecule has 0 saturated heterocycles. The van der Waals surface area contributed by atoms with E-state index >= 15 is 0 Å². The van der Waals surface area contributed by atoms with E-state index in [0.29, 0.717) is 22.3 Å². The SMILES string of the molecule is Cc1ccc2c(=O)cc(-c3ccc(F)c(N)c3)oc2c1. The third-order valence-electron chi connectivity index (χ3n) is 3.17. The van der Waals surface area contributed by atoms with Crippen LogP contribution in [0.4, 0.5) is 10.1 Å². The number of benzene rings is 2. The van der Waals surface area contributed by atoms with Crippen LogP contribution in [0.5, 0.6) is 0 Å². The highest BCUT2D eigenvalue weighted by Gasteiger charge is 2.08. The number of nitrogens with two attached hydrogens (primary N) is 1. The molecule has 0 saturated carbocycles. The van der Waals surface area contributed by atoms with Gasteiger partial charge in [0.25, 0.3) is 0 Å². The predicted molar refractivity (Wildman–Crippen MR) is 77.0 cm³/mol. The molecule has 2 N–H and O–H groups in total. The Kier molecular flexibility index (Phi) is 2.79. The van der Waals surface area contributed by atoms with Gasteiger partial charge in [-0.1, -0.05) is 6.07 Å². The number of hydrogen-bond acceptors (Lipinski definition) is 3. The van der Waals surface area contributed by atoms with Crippen LogP contribution in [0.25, 0.3) is 22.3 Å². The Balaban J connectivity index is 2.26. The largest absolute Gasteiger partial charge is 0.456 e. The van der Waals surface area contributed by atoms with Crippen molar-refractivity contribution in [3.63, 3.8) is 0 Å². The van der Waals surface area contributed by atoms with Crippen molar-refractivity contribution in [1.82, 2.24) is 0 Å². The van der Waals surface area contributed by atoms with Crippen LogP contribution in [0.1, 0.15) is 5.56 Å². The van der Waals surface area contributed by atoms with Gasteiger partial charge >= 0.3 is 0 Å². The minimum absolute atomic E-state index is 0.0227. The van der Waals surface area contributed by atoms with Crippen LogP contribution in [-0.4, -0.2) is 0 Å². The number of anilines is 1. The summed E-state index contributed by atoms with van der Waals surface area (Å²) < 4.78 is 18.9. The Bertz CT molecular complexity index is 868. The summed E-state index contributed by atoms with van der Waals surface area (Å²) >= 11 is 0. The van der Waals surface area contributed by atoms with Gasteiger partial charge in [-0.3, -0.25) is 4.79 Å². The second kappa shape index (κ2) is 4.49. The highest BCUT2D eigenvalue weighted by Crippen LogP contribution is 2.25. The minimum atomic E-state index is -0.493. The van der Waals surface area contributed by atoms with Gasteiger partial charge < -0.3 is 10.2 Å². The Labute approximate surface area is 114 Å². The molecule has 0 aliphatic heterocycles. The molecule has 0 atom stereocenters. The van der Waals surface area contributed by atoms with Gasteiger partial charge in [-0.25, -0.2) is 4.39 Å². The smallest absolute Gasteiger partial charge is 0.193 e. The average molecular weight is 269 g/mol. The van der Waals surface area contributed by atoms with E-state index in [1.54, 1.807) is 12.1 Å². The number of hydrogen-bond donors (Lipinski definition) is 1. The molecule has 100 valence electrons. The molecule has 4 heteroatoms. The molecule has 3 aromatic rings. The van der Waals surface area contributed by atoms with Crippen LogP contribution in [0.15, 0.2) is 51.7 Å². The van der Waals surface area contributed by atoms with Gasteiger partial charge in [0.2, 0.25) is 0 Å². The Morgan fingerprint density at radius 3 is 2.65 bits per heavy atom. The molecule has 2 aromatic carbocycles. The first-order valence-electron chi connectivity index (χ1n) is 6.14. The van der Waals surface area contributed by atoms with E-state index in [1.807, 2.05) is 13.0 Å². The lowest BCUT2D eigenvalue weighted by atomic mass is 10.1. The standard InChI is InChI=1S/C16H12FNO2/c1-9-2-4-11-14(19)8-15(20-16(11)6-9)10-3-5-12(17)13(18)7-10/h2-8H,18H2,1H3. The molecule has 1 aromatic heterocycles. The average Bonchev–Trinajstić information content (AvgIpc) is 2.41. The third kappa shape index (κ3) is 2.05. The fourth-order valence-corrected chi connectivity index (χ4v) is 2.10. The molecular weight excluding hydrogens is 257 g/mol. The molecule has 0 amide bonds. The lowest BCUT2D eigenvalue weighted by Crippen LogP contribution is -2.00. The molecule has 1 heterocycles. The highest BCUT2D eigenvalue weighted by atomic mass is 19.1. The molecule has 0 radical (unpaired) electrons. The van der Waals surface area contributed by atoms with E-state index in [9.17, 15) is 9.18 Å². The monoisotopic (exact) mass is 269 g/mol. The van der Waals surface area contributed by atoms with E-state index in [4.69, 9.17) is 10.2 Å². The number of nitrogen functional groups attached to an aromatic ring is 1. The molecule has 0 unspecified atom stereocenters. The minimum Gasteiger partial charge on any atom is -0.456 e. The second-order valence-corrected chi connectivity index (χ2v) is 4.71. The van der Waals surface area contributed by atoms with Gasteiger partial charge in [-0.15, -0.1) is 0 Å². The lowest BCUT2D eigenvalue weighted by Gasteiger charge is -2.05. The summed E-state index contributed by atoms with van der Waals surface area (Å²) in [5.41, 5.74) is 7.51. The van der Waals surface area contributed by atoms with Crippen LogP contribution in [0.3, 0.4) is 0 Å². The Morgan fingerprint density at radius 2 is 1.90 bits per heavy atom. The number of aryl methyl sites for hydroxylation is 1. The Morgan fingerprint density at radius 1 is 1.10 bits per heavy atom. The fourth-order valence-electron chi connectivity index (χ4n) is 2.10. The highest BCUT2D eigenvalue weighted by molar-refractivity contribution is 5.79. The topological polar surface area (TPSA) is 56.2 Å². The normalized spacial score (nSPS) is 10.9. The van der Waals surface area contributed by atoms with Crippen molar-refractivity contribution in [2.75, 3.05) is 5.73 Å². The van der Waals surface area contributed by atoms with Crippen molar-refractivity contribution in [3.05, 3.63) is 64.1 Å². The molecule has 0 aliphatic rings. The van der Waals surface area contributed by atoms with E-state index in [-0.39, 0.29) is 11.1 Å². The van der Waals surface area contributed by atoms with Gasteiger partial charge in [0, 0.05) is 11.6 Å². The van der Waals surface area contributed by atoms with Crippen molar-refractivity contribution in [3.8, 4) is 11.3 Å². The number of rotatable bonds is 1. The summed E-state index contributed by atoms with van der Waals surface area (Å²) in [7, 11) is 0. The number of halogens is 1. The first-order chi connectivity index (χ1) is 9.54. The summed E-state index contributed by atoms with van der Waals surface area (Å²) in [5, 5.41) is 0.523. The molecular formula is C16H12FNO2. The van der Waals surface area contributed by atoms with Crippen LogP contribution in [0, 0.1) is 12.7 Å². The predicted octanol–water partition coefficient (Wildman–Crippen LogP) is 3.49. The summed E-state index contributed by atoms with van der Waals surface area (Å²) in [5.74, 6) is -0.118. The van der Waals surface area contributed by atoms with Gasteiger partial charge in [0.05, 0.1) is 11.1 Å². The second-order valence-electron chi connectivity index (χ2n) is 4.71. The molecule has 0 spiro atoms. The van der Waals surface area contributed by atoms with E-state index < -0.39 is 5.82 Å². The summed E-state index contributed by atoms with van der Waals surface area (Å²) in [6.07, 6.45) is 0. The first-order valence-corrected chi connectivity index (χ1v) is 6.14. The zero-order chi connectivity index (χ0) is 14.3. The summed E-state index contributed by atoms with van der Waals surface area (Å²) in [4.78, 5) is 12.1. The van der Waals surface area contributed by atoms with Crippen molar-refractivity contribution in [2.24, 2.45) is 0 Å². The zero-order valence-corrected chi connectivity index (χ0v) is 10.8. The molecule has 0 bridgehead atoms. The Hall–Kier alpha value is -2.62. The molecule has 3 nitrogen and oxygen atoms in total. The van der Waals surface area contributed by atoms with Crippen LogP contribution in [0.2, 0.25) is 0 Å². The van der Waals surface area contributed by atoms with Gasteiger partial charge in [0.15, 0.2) is 5.43 Å². The van der Waals surface area contributed by atoms with Crippen LogP contribution in [-0.2, 0) is 0 Å². The van der Waals surface area contributed by atoms with Crippen molar-refractivity contribution in [1.29, 1.82) is 0 Å². The quantitative estimate of drug-likeness (QED) is 0.688. The number of fused-ring (bicyclic) bond motifs is 1. The first kappa shape index (κ1) is 12.4. The molecule has 0 aliphatic carbocycles.